The second-order valence-electron chi connectivity index (χ2n) is 8.57. The van der Waals surface area contributed by atoms with Gasteiger partial charge in [0.1, 0.15) is 17.4 Å². The normalized spacial score (nSPS) is 14.8. The van der Waals surface area contributed by atoms with Crippen molar-refractivity contribution in [1.29, 1.82) is 0 Å². The van der Waals surface area contributed by atoms with Gasteiger partial charge in [0.05, 0.1) is 13.7 Å². The van der Waals surface area contributed by atoms with Gasteiger partial charge in [0.15, 0.2) is 0 Å². The number of piperidine rings is 1. The fourth-order valence-corrected chi connectivity index (χ4v) is 4.29. The van der Waals surface area contributed by atoms with Crippen LogP contribution in [0.2, 0.25) is 0 Å². The van der Waals surface area contributed by atoms with E-state index in [9.17, 15) is 9.18 Å². The highest BCUT2D eigenvalue weighted by Crippen LogP contribution is 2.24. The fraction of sp³-hybridized carbons (Fsp3) is 0.385. The molecule has 0 aliphatic carbocycles. The molecule has 0 radical (unpaired) electrons. The number of hydrogen-bond donors (Lipinski definition) is 1. The smallest absolute Gasteiger partial charge is 0.220 e. The molecule has 3 aromatic rings. The molecule has 0 spiro atoms. The van der Waals surface area contributed by atoms with Crippen LogP contribution in [0.4, 0.5) is 4.39 Å². The van der Waals surface area contributed by atoms with Crippen LogP contribution in [0.3, 0.4) is 0 Å². The molecule has 1 fully saturated rings. The number of rotatable bonds is 9. The van der Waals surface area contributed by atoms with Crippen LogP contribution < -0.4 is 10.1 Å². The lowest BCUT2D eigenvalue weighted by Crippen LogP contribution is -2.34. The number of nitrogens with zero attached hydrogens (tertiary/aromatic N) is 3. The van der Waals surface area contributed by atoms with Crippen molar-refractivity contribution in [1.82, 2.24) is 19.8 Å². The molecule has 0 bridgehead atoms. The van der Waals surface area contributed by atoms with Crippen LogP contribution in [-0.4, -0.2) is 40.6 Å². The largest absolute Gasteiger partial charge is 0.497 e. The zero-order valence-corrected chi connectivity index (χ0v) is 19.0. The predicted octanol–water partition coefficient (Wildman–Crippen LogP) is 4.33. The number of benzene rings is 2. The van der Waals surface area contributed by atoms with Gasteiger partial charge in [-0.05, 0) is 80.2 Å². The van der Waals surface area contributed by atoms with E-state index < -0.39 is 0 Å². The van der Waals surface area contributed by atoms with Gasteiger partial charge in [-0.1, -0.05) is 12.1 Å². The third-order valence-electron chi connectivity index (χ3n) is 6.32. The number of ether oxygens (including phenoxy) is 1. The van der Waals surface area contributed by atoms with E-state index in [1.807, 2.05) is 36.7 Å². The lowest BCUT2D eigenvalue weighted by molar-refractivity contribution is -0.121. The summed E-state index contributed by atoms with van der Waals surface area (Å²) in [4.78, 5) is 19.2. The molecule has 4 rings (SSSR count). The molecule has 1 aliphatic heterocycles. The van der Waals surface area contributed by atoms with Crippen molar-refractivity contribution in [3.8, 4) is 11.4 Å². The number of hydrogen-bond acceptors (Lipinski definition) is 4. The maximum Gasteiger partial charge on any atom is 0.220 e. The van der Waals surface area contributed by atoms with E-state index in [1.165, 1.54) is 12.1 Å². The Morgan fingerprint density at radius 1 is 1.12 bits per heavy atom. The first-order chi connectivity index (χ1) is 16.1. The van der Waals surface area contributed by atoms with E-state index in [2.05, 4.69) is 19.8 Å². The van der Waals surface area contributed by atoms with Crippen molar-refractivity contribution in [2.24, 2.45) is 5.92 Å². The number of aromatic nitrogens is 2. The first-order valence-electron chi connectivity index (χ1n) is 11.5. The highest BCUT2D eigenvalue weighted by atomic mass is 19.1. The Morgan fingerprint density at radius 3 is 2.55 bits per heavy atom. The summed E-state index contributed by atoms with van der Waals surface area (Å²) in [6, 6.07) is 14.2. The number of halogens is 1. The number of imidazole rings is 1. The summed E-state index contributed by atoms with van der Waals surface area (Å²) < 4.78 is 20.3. The number of carbonyl (C=O) groups is 1. The molecule has 1 aliphatic rings. The summed E-state index contributed by atoms with van der Waals surface area (Å²) in [5.41, 5.74) is 1.98. The van der Waals surface area contributed by atoms with Crippen molar-refractivity contribution < 1.29 is 13.9 Å². The molecule has 0 saturated carbocycles. The Morgan fingerprint density at radius 2 is 1.85 bits per heavy atom. The summed E-state index contributed by atoms with van der Waals surface area (Å²) in [7, 11) is 1.67. The molecule has 1 aromatic heterocycles. The summed E-state index contributed by atoms with van der Waals surface area (Å²) in [6.07, 6.45) is 7.46. The molecular formula is C26H31FN4O2. The third-order valence-corrected chi connectivity index (χ3v) is 6.32. The molecular weight excluding hydrogens is 419 g/mol. The van der Waals surface area contributed by atoms with Gasteiger partial charge in [-0.25, -0.2) is 9.37 Å². The van der Waals surface area contributed by atoms with Gasteiger partial charge in [-0.2, -0.15) is 0 Å². The van der Waals surface area contributed by atoms with Crippen molar-refractivity contribution in [2.45, 2.75) is 38.8 Å². The van der Waals surface area contributed by atoms with Gasteiger partial charge in [-0.3, -0.25) is 9.69 Å². The molecule has 33 heavy (non-hydrogen) atoms. The summed E-state index contributed by atoms with van der Waals surface area (Å²) in [6.45, 7) is 3.27. The van der Waals surface area contributed by atoms with Crippen LogP contribution in [0, 0.1) is 11.7 Å². The van der Waals surface area contributed by atoms with Gasteiger partial charge in [0.2, 0.25) is 5.91 Å². The average molecular weight is 451 g/mol. The van der Waals surface area contributed by atoms with E-state index in [4.69, 9.17) is 4.74 Å². The van der Waals surface area contributed by atoms with Crippen LogP contribution in [0.25, 0.3) is 5.69 Å². The van der Waals surface area contributed by atoms with Crippen molar-refractivity contribution >= 4 is 5.91 Å². The fourth-order valence-electron chi connectivity index (χ4n) is 4.29. The molecule has 0 atom stereocenters. The summed E-state index contributed by atoms with van der Waals surface area (Å²) in [5.74, 6) is 2.23. The lowest BCUT2D eigenvalue weighted by Gasteiger charge is -2.31. The third kappa shape index (κ3) is 6.42. The Bertz CT molecular complexity index is 1030. The summed E-state index contributed by atoms with van der Waals surface area (Å²) in [5, 5.41) is 2.93. The Kier molecular flexibility index (Phi) is 7.73. The van der Waals surface area contributed by atoms with Crippen molar-refractivity contribution in [3.05, 3.63) is 78.1 Å². The van der Waals surface area contributed by atoms with Crippen LogP contribution in [0.15, 0.2) is 60.9 Å². The molecule has 174 valence electrons. The van der Waals surface area contributed by atoms with E-state index in [0.29, 0.717) is 18.9 Å². The molecule has 0 unspecified atom stereocenters. The molecule has 2 aromatic carbocycles. The van der Waals surface area contributed by atoms with E-state index in [0.717, 1.165) is 61.7 Å². The van der Waals surface area contributed by atoms with Gasteiger partial charge >= 0.3 is 0 Å². The molecule has 1 amide bonds. The van der Waals surface area contributed by atoms with Crippen LogP contribution in [0.5, 0.6) is 5.75 Å². The Labute approximate surface area is 194 Å². The van der Waals surface area contributed by atoms with Gasteiger partial charge in [0, 0.05) is 31.0 Å². The maximum atomic E-state index is 13.0. The predicted molar refractivity (Wildman–Crippen MR) is 126 cm³/mol. The van der Waals surface area contributed by atoms with Crippen molar-refractivity contribution in [2.75, 3.05) is 20.2 Å². The highest BCUT2D eigenvalue weighted by molar-refractivity contribution is 5.75. The highest BCUT2D eigenvalue weighted by Gasteiger charge is 2.21. The summed E-state index contributed by atoms with van der Waals surface area (Å²) >= 11 is 0. The average Bonchev–Trinajstić information content (AvgIpc) is 3.31. The zero-order valence-electron chi connectivity index (χ0n) is 19.0. The number of nitrogens with one attached hydrogen (secondary N) is 1. The van der Waals surface area contributed by atoms with Gasteiger partial charge in [-0.15, -0.1) is 0 Å². The van der Waals surface area contributed by atoms with E-state index in [-0.39, 0.29) is 11.7 Å². The first kappa shape index (κ1) is 23.0. The standard InChI is InChI=1S/C26H31FN4O2/c1-33-24-9-7-23(8-10-24)31-17-14-28-25(31)19-30-15-12-20(13-16-30)4-11-26(32)29-18-21-2-5-22(27)6-3-21/h2-3,5-10,14,17,20H,4,11-13,15-16,18-19H2,1H3,(H,29,32). The minimum atomic E-state index is -0.263. The Hall–Kier alpha value is -3.19. The molecule has 7 heteroatoms. The SMILES string of the molecule is COc1ccc(-n2ccnc2CN2CCC(CCC(=O)NCc3ccc(F)cc3)CC2)cc1. The second-order valence-corrected chi connectivity index (χ2v) is 8.57. The second kappa shape index (κ2) is 11.1. The number of likely N-dealkylation sites (tertiary alicyclic amines) is 1. The number of carbonyl (C=O) groups excluding carboxylic acids is 1. The first-order valence-corrected chi connectivity index (χ1v) is 11.5. The van der Waals surface area contributed by atoms with Gasteiger partial charge < -0.3 is 14.6 Å². The molecule has 1 saturated heterocycles. The minimum Gasteiger partial charge on any atom is -0.497 e. The molecule has 1 N–H and O–H groups in total. The van der Waals surface area contributed by atoms with E-state index >= 15 is 0 Å². The maximum absolute atomic E-state index is 13.0. The molecule has 2 heterocycles. The lowest BCUT2D eigenvalue weighted by atomic mass is 9.92. The molecule has 6 nitrogen and oxygen atoms in total. The quantitative estimate of drug-likeness (QED) is 0.527. The zero-order chi connectivity index (χ0) is 23.0. The van der Waals surface area contributed by atoms with Gasteiger partial charge in [0.25, 0.3) is 0 Å². The Balaban J connectivity index is 1.19. The van der Waals surface area contributed by atoms with Crippen LogP contribution in [0.1, 0.15) is 37.1 Å². The van der Waals surface area contributed by atoms with Crippen LogP contribution in [-0.2, 0) is 17.9 Å². The number of methoxy groups -OCH3 is 1. The minimum absolute atomic E-state index is 0.0586. The van der Waals surface area contributed by atoms with Crippen molar-refractivity contribution in [3.63, 3.8) is 0 Å². The van der Waals surface area contributed by atoms with E-state index in [1.54, 1.807) is 19.2 Å². The number of amides is 1. The topological polar surface area (TPSA) is 59.4 Å². The van der Waals surface area contributed by atoms with Crippen LogP contribution >= 0.6 is 0 Å². The monoisotopic (exact) mass is 450 g/mol.